The Morgan fingerprint density at radius 2 is 2.04 bits per heavy atom. The first-order valence-electron chi connectivity index (χ1n) is 7.53. The number of hydrogen-bond acceptors (Lipinski definition) is 5. The molecule has 4 N–H and O–H groups in total. The van der Waals surface area contributed by atoms with Gasteiger partial charge in [0.15, 0.2) is 0 Å². The lowest BCUT2D eigenvalue weighted by Gasteiger charge is -2.35. The van der Waals surface area contributed by atoms with E-state index in [0.717, 1.165) is 5.69 Å². The van der Waals surface area contributed by atoms with E-state index < -0.39 is 11.9 Å². The molecule has 0 aliphatic carbocycles. The van der Waals surface area contributed by atoms with Gasteiger partial charge in [0.1, 0.15) is 5.82 Å². The molecule has 8 heteroatoms. The Morgan fingerprint density at radius 1 is 1.29 bits per heavy atom. The molecule has 1 fully saturated rings. The number of carbonyl (C=O) groups is 1. The molecule has 1 aromatic heterocycles. The molecule has 0 radical (unpaired) electrons. The van der Waals surface area contributed by atoms with Gasteiger partial charge in [-0.2, -0.15) is 0 Å². The van der Waals surface area contributed by atoms with Crippen molar-refractivity contribution in [3.05, 3.63) is 42.5 Å². The van der Waals surface area contributed by atoms with Crippen molar-refractivity contribution in [1.82, 2.24) is 9.88 Å². The van der Waals surface area contributed by atoms with Crippen LogP contribution in [-0.2, 0) is 0 Å². The highest BCUT2D eigenvalue weighted by molar-refractivity contribution is 5.77. The van der Waals surface area contributed by atoms with Gasteiger partial charge >= 0.3 is 6.09 Å². The van der Waals surface area contributed by atoms with Crippen molar-refractivity contribution in [3.63, 3.8) is 0 Å². The van der Waals surface area contributed by atoms with Crippen LogP contribution in [0.1, 0.15) is 0 Å². The lowest BCUT2D eigenvalue weighted by molar-refractivity contribution is 0.142. The summed E-state index contributed by atoms with van der Waals surface area (Å²) in [6.07, 6.45) is 2.35. The lowest BCUT2D eigenvalue weighted by Crippen LogP contribution is -2.48. The number of nitrogen functional groups attached to an aromatic ring is 1. The van der Waals surface area contributed by atoms with Crippen LogP contribution in [0.4, 0.5) is 31.9 Å². The Bertz CT molecular complexity index is 733. The van der Waals surface area contributed by atoms with E-state index in [0.29, 0.717) is 43.2 Å². The first kappa shape index (κ1) is 15.9. The molecule has 2 aromatic rings. The van der Waals surface area contributed by atoms with E-state index in [1.807, 2.05) is 11.0 Å². The Balaban J connectivity index is 1.81. The summed E-state index contributed by atoms with van der Waals surface area (Å²) >= 11 is 0. The molecule has 126 valence electrons. The Kier molecular flexibility index (Phi) is 4.37. The minimum atomic E-state index is -0.952. The smallest absolute Gasteiger partial charge is 0.407 e. The highest BCUT2D eigenvalue weighted by Crippen LogP contribution is 2.31. The van der Waals surface area contributed by atoms with Crippen molar-refractivity contribution in [2.24, 2.45) is 0 Å². The van der Waals surface area contributed by atoms with Crippen LogP contribution in [0, 0.1) is 5.82 Å². The molecular formula is C16H18FN5O2. The van der Waals surface area contributed by atoms with E-state index in [9.17, 15) is 9.18 Å². The normalized spacial score (nSPS) is 14.5. The van der Waals surface area contributed by atoms with Gasteiger partial charge in [-0.1, -0.05) is 0 Å². The fourth-order valence-electron chi connectivity index (χ4n) is 2.66. The number of anilines is 4. The Morgan fingerprint density at radius 3 is 2.67 bits per heavy atom. The van der Waals surface area contributed by atoms with Gasteiger partial charge < -0.3 is 26.0 Å². The zero-order valence-corrected chi connectivity index (χ0v) is 12.9. The van der Waals surface area contributed by atoms with Crippen molar-refractivity contribution in [3.8, 4) is 0 Å². The van der Waals surface area contributed by atoms with Crippen LogP contribution in [-0.4, -0.2) is 47.3 Å². The zero-order chi connectivity index (χ0) is 17.1. The first-order chi connectivity index (χ1) is 11.5. The van der Waals surface area contributed by atoms with Gasteiger partial charge in [0.2, 0.25) is 0 Å². The molecule has 0 unspecified atom stereocenters. The molecule has 2 heterocycles. The van der Waals surface area contributed by atoms with Gasteiger partial charge in [-0.3, -0.25) is 4.98 Å². The SMILES string of the molecule is Nc1cc(F)c(N2CCN(C(=O)O)CC2)cc1Nc1cccnc1. The Labute approximate surface area is 138 Å². The van der Waals surface area contributed by atoms with Gasteiger partial charge in [0, 0.05) is 38.4 Å². The molecule has 1 aliphatic heterocycles. The predicted octanol–water partition coefficient (Wildman–Crippen LogP) is 2.35. The topological polar surface area (TPSA) is 94.7 Å². The third-order valence-corrected chi connectivity index (χ3v) is 3.95. The maximum absolute atomic E-state index is 14.3. The van der Waals surface area contributed by atoms with E-state index in [4.69, 9.17) is 10.8 Å². The van der Waals surface area contributed by atoms with Crippen LogP contribution < -0.4 is 16.0 Å². The molecule has 1 aromatic carbocycles. The van der Waals surface area contributed by atoms with Crippen LogP contribution >= 0.6 is 0 Å². The molecule has 0 saturated carbocycles. The van der Waals surface area contributed by atoms with Crippen LogP contribution in [0.25, 0.3) is 0 Å². The van der Waals surface area contributed by atoms with E-state index >= 15 is 0 Å². The summed E-state index contributed by atoms with van der Waals surface area (Å²) in [4.78, 5) is 18.1. The zero-order valence-electron chi connectivity index (χ0n) is 12.9. The molecule has 3 rings (SSSR count). The van der Waals surface area contributed by atoms with Gasteiger partial charge in [0.05, 0.1) is 28.9 Å². The van der Waals surface area contributed by atoms with E-state index in [-0.39, 0.29) is 0 Å². The molecule has 1 aliphatic rings. The number of nitrogens with one attached hydrogen (secondary N) is 1. The number of amides is 1. The number of nitrogens with two attached hydrogens (primary N) is 1. The number of pyridine rings is 1. The van der Waals surface area contributed by atoms with E-state index in [2.05, 4.69) is 10.3 Å². The van der Waals surface area contributed by atoms with Crippen LogP contribution in [0.3, 0.4) is 0 Å². The molecule has 0 bridgehead atoms. The summed E-state index contributed by atoms with van der Waals surface area (Å²) < 4.78 is 14.3. The predicted molar refractivity (Wildman–Crippen MR) is 90.1 cm³/mol. The number of carboxylic acid groups (broad SMARTS) is 1. The van der Waals surface area contributed by atoms with Crippen molar-refractivity contribution < 1.29 is 14.3 Å². The number of benzene rings is 1. The third kappa shape index (κ3) is 3.32. The quantitative estimate of drug-likeness (QED) is 0.747. The fraction of sp³-hybridized carbons (Fsp3) is 0.250. The fourth-order valence-corrected chi connectivity index (χ4v) is 2.66. The molecular weight excluding hydrogens is 313 g/mol. The Hall–Kier alpha value is -3.03. The standard InChI is InChI=1S/C16H18FN5O2/c17-12-8-13(18)14(20-11-2-1-3-19-10-11)9-15(12)21-4-6-22(7-5-21)16(23)24/h1-3,8-10,20H,4-7,18H2,(H,23,24). The van der Waals surface area contributed by atoms with Crippen molar-refractivity contribution in [1.29, 1.82) is 0 Å². The molecule has 1 saturated heterocycles. The van der Waals surface area contributed by atoms with Crippen molar-refractivity contribution in [2.45, 2.75) is 0 Å². The lowest BCUT2D eigenvalue weighted by atomic mass is 10.2. The molecule has 1 amide bonds. The molecule has 24 heavy (non-hydrogen) atoms. The van der Waals surface area contributed by atoms with Gasteiger partial charge in [-0.25, -0.2) is 9.18 Å². The van der Waals surface area contributed by atoms with Crippen molar-refractivity contribution in [2.75, 3.05) is 42.1 Å². The second-order valence-corrected chi connectivity index (χ2v) is 5.51. The summed E-state index contributed by atoms with van der Waals surface area (Å²) in [7, 11) is 0. The monoisotopic (exact) mass is 331 g/mol. The largest absolute Gasteiger partial charge is 0.465 e. The number of halogens is 1. The second-order valence-electron chi connectivity index (χ2n) is 5.51. The summed E-state index contributed by atoms with van der Waals surface area (Å²) in [6.45, 7) is 1.54. The highest BCUT2D eigenvalue weighted by atomic mass is 19.1. The average molecular weight is 331 g/mol. The van der Waals surface area contributed by atoms with Gasteiger partial charge in [0.25, 0.3) is 0 Å². The minimum Gasteiger partial charge on any atom is -0.465 e. The highest BCUT2D eigenvalue weighted by Gasteiger charge is 2.23. The van der Waals surface area contributed by atoms with Gasteiger partial charge in [-0.05, 0) is 18.2 Å². The third-order valence-electron chi connectivity index (χ3n) is 3.95. The molecule has 7 nitrogen and oxygen atoms in total. The maximum atomic E-state index is 14.3. The minimum absolute atomic E-state index is 0.296. The number of hydrogen-bond donors (Lipinski definition) is 3. The number of aromatic nitrogens is 1. The van der Waals surface area contributed by atoms with Crippen LogP contribution in [0.5, 0.6) is 0 Å². The summed E-state index contributed by atoms with van der Waals surface area (Å²) in [5.74, 6) is -0.423. The maximum Gasteiger partial charge on any atom is 0.407 e. The summed E-state index contributed by atoms with van der Waals surface area (Å²) in [5.41, 5.74) is 7.93. The van der Waals surface area contributed by atoms with Crippen molar-refractivity contribution >= 4 is 28.8 Å². The summed E-state index contributed by atoms with van der Waals surface area (Å²) in [6, 6.07) is 6.54. The van der Waals surface area contributed by atoms with Crippen LogP contribution in [0.2, 0.25) is 0 Å². The van der Waals surface area contributed by atoms with Gasteiger partial charge in [-0.15, -0.1) is 0 Å². The van der Waals surface area contributed by atoms with Crippen LogP contribution in [0.15, 0.2) is 36.7 Å². The molecule has 0 atom stereocenters. The number of nitrogens with zero attached hydrogens (tertiary/aromatic N) is 3. The second kappa shape index (κ2) is 6.61. The average Bonchev–Trinajstić information content (AvgIpc) is 2.58. The van der Waals surface area contributed by atoms with E-state index in [1.165, 1.54) is 11.0 Å². The molecule has 0 spiro atoms. The number of rotatable bonds is 3. The number of piperazine rings is 1. The first-order valence-corrected chi connectivity index (χ1v) is 7.53. The van der Waals surface area contributed by atoms with E-state index in [1.54, 1.807) is 24.5 Å². The summed E-state index contributed by atoms with van der Waals surface area (Å²) in [5, 5.41) is 12.1.